The van der Waals surface area contributed by atoms with Crippen LogP contribution in [0.5, 0.6) is 23.0 Å². The van der Waals surface area contributed by atoms with Gasteiger partial charge in [0.15, 0.2) is 11.5 Å². The summed E-state index contributed by atoms with van der Waals surface area (Å²) in [5.41, 5.74) is 4.45. The van der Waals surface area contributed by atoms with Gasteiger partial charge in [0.05, 0.1) is 27.4 Å². The minimum atomic E-state index is 0.306. The van der Waals surface area contributed by atoms with Gasteiger partial charge in [-0.3, -0.25) is 0 Å². The Morgan fingerprint density at radius 1 is 1.11 bits per heavy atom. The van der Waals surface area contributed by atoms with E-state index in [0.717, 1.165) is 65.6 Å². The van der Waals surface area contributed by atoms with Gasteiger partial charge in [-0.25, -0.2) is 0 Å². The zero-order valence-electron chi connectivity index (χ0n) is 16.2. The normalized spacial score (nSPS) is 16.9. The first kappa shape index (κ1) is 18.1. The van der Waals surface area contributed by atoms with Crippen LogP contribution in [0, 0.1) is 6.92 Å². The number of hydrogen-bond donors (Lipinski definition) is 0. The molecule has 2 aliphatic heterocycles. The molecule has 27 heavy (non-hydrogen) atoms. The molecule has 5 heteroatoms. The molecule has 0 spiro atoms. The van der Waals surface area contributed by atoms with Gasteiger partial charge in [-0.1, -0.05) is 18.2 Å². The van der Waals surface area contributed by atoms with Gasteiger partial charge in [0.25, 0.3) is 0 Å². The first-order valence-electron chi connectivity index (χ1n) is 9.44. The molecule has 0 N–H and O–H groups in total. The number of benzene rings is 2. The minimum Gasteiger partial charge on any atom is -0.493 e. The number of epoxide rings is 1. The molecule has 0 bridgehead atoms. The highest BCUT2D eigenvalue weighted by molar-refractivity contribution is 5.66. The average Bonchev–Trinajstić information content (AvgIpc) is 3.51. The second-order valence-corrected chi connectivity index (χ2v) is 7.00. The quantitative estimate of drug-likeness (QED) is 0.442. The number of ether oxygens (including phenoxy) is 5. The molecule has 4 rings (SSSR count). The smallest absolute Gasteiger partial charge is 0.168 e. The third-order valence-electron chi connectivity index (χ3n) is 5.20. The van der Waals surface area contributed by atoms with Crippen LogP contribution in [0.3, 0.4) is 0 Å². The first-order chi connectivity index (χ1) is 13.2. The molecule has 1 atom stereocenters. The third kappa shape index (κ3) is 3.62. The Morgan fingerprint density at radius 3 is 2.63 bits per heavy atom. The van der Waals surface area contributed by atoms with Gasteiger partial charge in [0.2, 0.25) is 0 Å². The van der Waals surface area contributed by atoms with E-state index in [-0.39, 0.29) is 0 Å². The maximum absolute atomic E-state index is 6.34. The van der Waals surface area contributed by atoms with Crippen molar-refractivity contribution in [2.24, 2.45) is 0 Å². The standard InChI is InChI=1S/C22H26O5/c1-14-17(8-6-10-25-12-16-13-26-16)21-18(22(24-3)20(14)23-2)11-15-7-4-5-9-19(15)27-21/h4-5,7,9,16H,6,8,10-13H2,1-3H3. The Bertz CT molecular complexity index is 826. The Hall–Kier alpha value is -2.24. The molecule has 2 heterocycles. The van der Waals surface area contributed by atoms with E-state index in [1.54, 1.807) is 14.2 Å². The van der Waals surface area contributed by atoms with Crippen molar-refractivity contribution in [3.63, 3.8) is 0 Å². The van der Waals surface area contributed by atoms with Gasteiger partial charge >= 0.3 is 0 Å². The number of para-hydroxylation sites is 1. The molecular weight excluding hydrogens is 344 g/mol. The van der Waals surface area contributed by atoms with Crippen molar-refractivity contribution in [2.45, 2.75) is 32.3 Å². The van der Waals surface area contributed by atoms with Crippen molar-refractivity contribution >= 4 is 0 Å². The van der Waals surface area contributed by atoms with E-state index in [2.05, 4.69) is 13.0 Å². The second-order valence-electron chi connectivity index (χ2n) is 7.00. The molecule has 2 aromatic carbocycles. The summed E-state index contributed by atoms with van der Waals surface area (Å²) in [5, 5.41) is 0. The molecule has 0 amide bonds. The zero-order chi connectivity index (χ0) is 18.8. The fourth-order valence-corrected chi connectivity index (χ4v) is 3.73. The highest BCUT2D eigenvalue weighted by atomic mass is 16.6. The maximum atomic E-state index is 6.34. The minimum absolute atomic E-state index is 0.306. The van der Waals surface area contributed by atoms with Crippen molar-refractivity contribution in [3.8, 4) is 23.0 Å². The van der Waals surface area contributed by atoms with Gasteiger partial charge in [-0.2, -0.15) is 0 Å². The van der Waals surface area contributed by atoms with E-state index in [4.69, 9.17) is 23.7 Å². The molecule has 1 unspecified atom stereocenters. The van der Waals surface area contributed by atoms with Gasteiger partial charge in [-0.05, 0) is 31.4 Å². The summed E-state index contributed by atoms with van der Waals surface area (Å²) in [5.74, 6) is 3.39. The lowest BCUT2D eigenvalue weighted by Crippen LogP contribution is -2.11. The Balaban J connectivity index is 1.63. The van der Waals surface area contributed by atoms with Crippen molar-refractivity contribution in [2.75, 3.05) is 34.0 Å². The molecule has 2 aromatic rings. The van der Waals surface area contributed by atoms with E-state index in [1.165, 1.54) is 5.56 Å². The summed E-state index contributed by atoms with van der Waals surface area (Å²) in [4.78, 5) is 0. The highest BCUT2D eigenvalue weighted by Gasteiger charge is 2.29. The van der Waals surface area contributed by atoms with E-state index in [1.807, 2.05) is 18.2 Å². The number of hydrogen-bond acceptors (Lipinski definition) is 5. The van der Waals surface area contributed by atoms with Gasteiger partial charge < -0.3 is 23.7 Å². The summed E-state index contributed by atoms with van der Waals surface area (Å²) in [6, 6.07) is 8.15. The van der Waals surface area contributed by atoms with Crippen molar-refractivity contribution < 1.29 is 23.7 Å². The van der Waals surface area contributed by atoms with Crippen LogP contribution < -0.4 is 14.2 Å². The molecule has 1 saturated heterocycles. The van der Waals surface area contributed by atoms with Crippen molar-refractivity contribution in [3.05, 3.63) is 46.5 Å². The van der Waals surface area contributed by atoms with Crippen molar-refractivity contribution in [1.82, 2.24) is 0 Å². The summed E-state index contributed by atoms with van der Waals surface area (Å²) < 4.78 is 28.6. The molecular formula is C22H26O5. The van der Waals surface area contributed by atoms with E-state index < -0.39 is 0 Å². The Morgan fingerprint density at radius 2 is 1.89 bits per heavy atom. The van der Waals surface area contributed by atoms with E-state index in [9.17, 15) is 0 Å². The summed E-state index contributed by atoms with van der Waals surface area (Å²) >= 11 is 0. The molecule has 0 radical (unpaired) electrons. The summed E-state index contributed by atoms with van der Waals surface area (Å²) in [6.07, 6.45) is 2.86. The lowest BCUT2D eigenvalue weighted by atomic mass is 9.91. The molecule has 144 valence electrons. The Kier molecular flexibility index (Phi) is 5.23. The summed E-state index contributed by atoms with van der Waals surface area (Å²) in [6.45, 7) is 4.29. The van der Waals surface area contributed by atoms with Gasteiger partial charge in [0, 0.05) is 29.7 Å². The van der Waals surface area contributed by atoms with Crippen LogP contribution in [0.25, 0.3) is 0 Å². The van der Waals surface area contributed by atoms with Crippen LogP contribution >= 0.6 is 0 Å². The highest BCUT2D eigenvalue weighted by Crippen LogP contribution is 2.49. The maximum Gasteiger partial charge on any atom is 0.168 e. The number of fused-ring (bicyclic) bond motifs is 2. The lowest BCUT2D eigenvalue weighted by Gasteiger charge is -2.27. The van der Waals surface area contributed by atoms with E-state index in [0.29, 0.717) is 19.3 Å². The lowest BCUT2D eigenvalue weighted by molar-refractivity contribution is 0.114. The zero-order valence-corrected chi connectivity index (χ0v) is 16.2. The van der Waals surface area contributed by atoms with Crippen LogP contribution in [0.2, 0.25) is 0 Å². The third-order valence-corrected chi connectivity index (χ3v) is 5.20. The fraction of sp³-hybridized carbons (Fsp3) is 0.455. The SMILES string of the molecule is COc1c(C)c(CCCOCC2CO2)c2c(c1OC)Cc1ccccc1O2. The molecule has 0 aromatic heterocycles. The van der Waals surface area contributed by atoms with Crippen molar-refractivity contribution in [1.29, 1.82) is 0 Å². The number of methoxy groups -OCH3 is 2. The molecule has 0 saturated carbocycles. The van der Waals surface area contributed by atoms with E-state index >= 15 is 0 Å². The van der Waals surface area contributed by atoms with Crippen LogP contribution in [-0.2, 0) is 22.3 Å². The van der Waals surface area contributed by atoms with Crippen LogP contribution in [0.1, 0.15) is 28.7 Å². The predicted molar refractivity (Wildman–Crippen MR) is 102 cm³/mol. The monoisotopic (exact) mass is 370 g/mol. The summed E-state index contributed by atoms with van der Waals surface area (Å²) in [7, 11) is 3.38. The fourth-order valence-electron chi connectivity index (χ4n) is 3.73. The second kappa shape index (κ2) is 7.79. The van der Waals surface area contributed by atoms with Crippen LogP contribution in [0.15, 0.2) is 24.3 Å². The molecule has 2 aliphatic rings. The number of rotatable bonds is 8. The molecule has 5 nitrogen and oxygen atoms in total. The average molecular weight is 370 g/mol. The topological polar surface area (TPSA) is 49.5 Å². The van der Waals surface area contributed by atoms with Crippen LogP contribution in [0.4, 0.5) is 0 Å². The Labute approximate surface area is 160 Å². The largest absolute Gasteiger partial charge is 0.493 e. The molecule has 1 fully saturated rings. The van der Waals surface area contributed by atoms with Gasteiger partial charge in [-0.15, -0.1) is 0 Å². The predicted octanol–water partition coefficient (Wildman–Crippen LogP) is 4.06. The first-order valence-corrected chi connectivity index (χ1v) is 9.44. The molecule has 0 aliphatic carbocycles. The van der Waals surface area contributed by atoms with Crippen LogP contribution in [-0.4, -0.2) is 40.1 Å². The van der Waals surface area contributed by atoms with Gasteiger partial charge in [0.1, 0.15) is 17.6 Å².